The Morgan fingerprint density at radius 3 is 2.88 bits per heavy atom. The summed E-state index contributed by atoms with van der Waals surface area (Å²) in [6.07, 6.45) is 0.758. The van der Waals surface area contributed by atoms with E-state index in [1.54, 1.807) is 6.07 Å². The van der Waals surface area contributed by atoms with Gasteiger partial charge in [-0.15, -0.1) is 0 Å². The molecule has 1 unspecified atom stereocenters. The van der Waals surface area contributed by atoms with Gasteiger partial charge in [0.15, 0.2) is 0 Å². The predicted octanol–water partition coefficient (Wildman–Crippen LogP) is 3.86. The Hall–Kier alpha value is -0.380. The van der Waals surface area contributed by atoms with E-state index in [0.717, 1.165) is 12.0 Å². The number of rotatable bonds is 5. The Morgan fingerprint density at radius 2 is 2.31 bits per heavy atom. The van der Waals surface area contributed by atoms with Crippen molar-refractivity contribution in [3.05, 3.63) is 45.7 Å². The third-order valence-corrected chi connectivity index (χ3v) is 2.94. The lowest BCUT2D eigenvalue weighted by atomic mass is 10.1. The van der Waals surface area contributed by atoms with Crippen molar-refractivity contribution in [2.45, 2.75) is 19.4 Å². The highest BCUT2D eigenvalue weighted by molar-refractivity contribution is 9.10. The Bertz CT molecular complexity index is 381. The fourth-order valence-electron chi connectivity index (χ4n) is 1.38. The zero-order chi connectivity index (χ0) is 12.1. The minimum Gasteiger partial charge on any atom is -0.309 e. The average Bonchev–Trinajstić information content (AvgIpc) is 2.21. The van der Waals surface area contributed by atoms with E-state index in [4.69, 9.17) is 11.6 Å². The van der Waals surface area contributed by atoms with E-state index in [0.29, 0.717) is 16.0 Å². The third-order valence-electron chi connectivity index (χ3n) is 2.17. The summed E-state index contributed by atoms with van der Waals surface area (Å²) in [6.45, 7) is 6.20. The van der Waals surface area contributed by atoms with Crippen LogP contribution in [-0.4, -0.2) is 12.6 Å². The van der Waals surface area contributed by atoms with Crippen LogP contribution in [0.15, 0.2) is 34.3 Å². The summed E-state index contributed by atoms with van der Waals surface area (Å²) >= 11 is 8.77. The van der Waals surface area contributed by atoms with Crippen LogP contribution in [0.4, 0.5) is 4.39 Å². The Morgan fingerprint density at radius 1 is 1.62 bits per heavy atom. The van der Waals surface area contributed by atoms with Gasteiger partial charge < -0.3 is 5.32 Å². The van der Waals surface area contributed by atoms with E-state index in [2.05, 4.69) is 27.8 Å². The van der Waals surface area contributed by atoms with Gasteiger partial charge in [0.05, 0.1) is 4.47 Å². The van der Waals surface area contributed by atoms with Crippen LogP contribution in [0.2, 0.25) is 0 Å². The first-order valence-electron chi connectivity index (χ1n) is 4.99. The van der Waals surface area contributed by atoms with Crippen molar-refractivity contribution >= 4 is 27.5 Å². The summed E-state index contributed by atoms with van der Waals surface area (Å²) < 4.78 is 13.7. The highest BCUT2D eigenvalue weighted by Crippen LogP contribution is 2.17. The monoisotopic (exact) mass is 305 g/mol. The van der Waals surface area contributed by atoms with Crippen molar-refractivity contribution in [3.8, 4) is 0 Å². The second kappa shape index (κ2) is 6.38. The van der Waals surface area contributed by atoms with Gasteiger partial charge in [0.25, 0.3) is 0 Å². The van der Waals surface area contributed by atoms with Crippen molar-refractivity contribution in [2.24, 2.45) is 0 Å². The third kappa shape index (κ3) is 4.64. The molecule has 1 atom stereocenters. The van der Waals surface area contributed by atoms with Gasteiger partial charge in [-0.2, -0.15) is 0 Å². The van der Waals surface area contributed by atoms with E-state index in [1.165, 1.54) is 6.07 Å². The first kappa shape index (κ1) is 13.7. The Balaban J connectivity index is 2.52. The molecule has 0 aliphatic heterocycles. The van der Waals surface area contributed by atoms with Crippen molar-refractivity contribution in [2.75, 3.05) is 6.54 Å². The van der Waals surface area contributed by atoms with Crippen molar-refractivity contribution in [1.29, 1.82) is 0 Å². The second-order valence-electron chi connectivity index (χ2n) is 3.75. The molecule has 88 valence electrons. The first-order chi connectivity index (χ1) is 7.49. The SMILES string of the molecule is C=C(Cl)CNC(C)Cc1ccc(Br)c(F)c1. The number of hydrogen-bond donors (Lipinski definition) is 1. The molecule has 4 heteroatoms. The van der Waals surface area contributed by atoms with Gasteiger partial charge in [-0.3, -0.25) is 0 Å². The highest BCUT2D eigenvalue weighted by atomic mass is 79.9. The van der Waals surface area contributed by atoms with Crippen LogP contribution >= 0.6 is 27.5 Å². The molecule has 0 saturated heterocycles. The van der Waals surface area contributed by atoms with Gasteiger partial charge >= 0.3 is 0 Å². The van der Waals surface area contributed by atoms with E-state index < -0.39 is 0 Å². The van der Waals surface area contributed by atoms with Gasteiger partial charge in [-0.1, -0.05) is 24.2 Å². The van der Waals surface area contributed by atoms with Gasteiger partial charge in [-0.05, 0) is 47.0 Å². The van der Waals surface area contributed by atoms with Crippen LogP contribution in [0.5, 0.6) is 0 Å². The number of halogens is 3. The first-order valence-corrected chi connectivity index (χ1v) is 6.16. The molecule has 0 aromatic heterocycles. The topological polar surface area (TPSA) is 12.0 Å². The van der Waals surface area contributed by atoms with Crippen LogP contribution in [0.3, 0.4) is 0 Å². The van der Waals surface area contributed by atoms with E-state index in [-0.39, 0.29) is 11.9 Å². The summed E-state index contributed by atoms with van der Waals surface area (Å²) in [5.74, 6) is -0.230. The molecule has 1 nitrogen and oxygen atoms in total. The summed E-state index contributed by atoms with van der Waals surface area (Å²) in [4.78, 5) is 0. The van der Waals surface area contributed by atoms with Gasteiger partial charge in [-0.25, -0.2) is 4.39 Å². The lowest BCUT2D eigenvalue weighted by Crippen LogP contribution is -2.29. The quantitative estimate of drug-likeness (QED) is 0.871. The molecule has 1 N–H and O–H groups in total. The van der Waals surface area contributed by atoms with Crippen LogP contribution in [-0.2, 0) is 6.42 Å². The molecule has 0 aliphatic carbocycles. The van der Waals surface area contributed by atoms with Crippen molar-refractivity contribution in [3.63, 3.8) is 0 Å². The molecule has 0 saturated carbocycles. The number of benzene rings is 1. The summed E-state index contributed by atoms with van der Waals surface area (Å²) in [5, 5.41) is 3.78. The minimum absolute atomic E-state index is 0.230. The molecule has 1 rings (SSSR count). The van der Waals surface area contributed by atoms with Crippen LogP contribution in [0.1, 0.15) is 12.5 Å². The Labute approximate surface area is 109 Å². The van der Waals surface area contributed by atoms with Crippen molar-refractivity contribution in [1.82, 2.24) is 5.32 Å². The van der Waals surface area contributed by atoms with E-state index in [9.17, 15) is 4.39 Å². The second-order valence-corrected chi connectivity index (χ2v) is 5.14. The summed E-state index contributed by atoms with van der Waals surface area (Å²) in [7, 11) is 0. The molecule has 0 fully saturated rings. The molecule has 16 heavy (non-hydrogen) atoms. The standard InChI is InChI=1S/C12H14BrClFN/c1-8(14)7-16-9(2)5-10-3-4-11(13)12(15)6-10/h3-4,6,9,16H,1,5,7H2,2H3. The molecule has 0 heterocycles. The zero-order valence-corrected chi connectivity index (χ0v) is 11.4. The minimum atomic E-state index is -0.230. The zero-order valence-electron chi connectivity index (χ0n) is 9.06. The maximum absolute atomic E-state index is 13.2. The Kier molecular flexibility index (Phi) is 5.46. The molecule has 1 aromatic carbocycles. The average molecular weight is 307 g/mol. The van der Waals surface area contributed by atoms with E-state index >= 15 is 0 Å². The molecule has 1 aromatic rings. The molecular formula is C12H14BrClFN. The fraction of sp³-hybridized carbons (Fsp3) is 0.333. The van der Waals surface area contributed by atoms with Gasteiger partial charge in [0.1, 0.15) is 5.82 Å². The lowest BCUT2D eigenvalue weighted by Gasteiger charge is -2.13. The molecule has 0 spiro atoms. The normalized spacial score (nSPS) is 12.5. The van der Waals surface area contributed by atoms with Crippen molar-refractivity contribution < 1.29 is 4.39 Å². The molecular weight excluding hydrogens is 292 g/mol. The summed E-state index contributed by atoms with van der Waals surface area (Å²) in [5.41, 5.74) is 0.959. The predicted molar refractivity (Wildman–Crippen MR) is 70.3 cm³/mol. The van der Waals surface area contributed by atoms with E-state index in [1.807, 2.05) is 13.0 Å². The molecule has 0 aliphatic rings. The smallest absolute Gasteiger partial charge is 0.137 e. The van der Waals surface area contributed by atoms with Gasteiger partial charge in [0, 0.05) is 17.6 Å². The van der Waals surface area contributed by atoms with Crippen LogP contribution in [0, 0.1) is 5.82 Å². The number of hydrogen-bond acceptors (Lipinski definition) is 1. The summed E-state index contributed by atoms with van der Waals surface area (Å²) in [6, 6.07) is 5.40. The molecule has 0 radical (unpaired) electrons. The van der Waals surface area contributed by atoms with Crippen LogP contribution in [0.25, 0.3) is 0 Å². The lowest BCUT2D eigenvalue weighted by molar-refractivity contribution is 0.572. The largest absolute Gasteiger partial charge is 0.309 e. The maximum atomic E-state index is 13.2. The molecule has 0 bridgehead atoms. The highest BCUT2D eigenvalue weighted by Gasteiger charge is 2.05. The van der Waals surface area contributed by atoms with Crippen LogP contribution < -0.4 is 5.32 Å². The van der Waals surface area contributed by atoms with Gasteiger partial charge in [0.2, 0.25) is 0 Å². The number of nitrogens with one attached hydrogen (secondary N) is 1. The maximum Gasteiger partial charge on any atom is 0.137 e. The molecule has 0 amide bonds. The fourth-order valence-corrected chi connectivity index (χ4v) is 1.70.